The Morgan fingerprint density at radius 1 is 1.50 bits per heavy atom. The highest BCUT2D eigenvalue weighted by molar-refractivity contribution is 8.15. The molecule has 5 nitrogen and oxygen atoms in total. The molecule has 1 fully saturated rings. The zero-order valence-corrected chi connectivity index (χ0v) is 14.3. The van der Waals surface area contributed by atoms with Gasteiger partial charge < -0.3 is 5.32 Å². The van der Waals surface area contributed by atoms with Crippen LogP contribution in [0.4, 0.5) is 5.69 Å². The van der Waals surface area contributed by atoms with Crippen molar-refractivity contribution in [2.24, 2.45) is 4.99 Å². The Kier molecular flexibility index (Phi) is 5.47. The molecule has 22 heavy (non-hydrogen) atoms. The first kappa shape index (κ1) is 16.8. The molecule has 0 unspecified atom stereocenters. The fourth-order valence-electron chi connectivity index (χ4n) is 2.06. The van der Waals surface area contributed by atoms with Crippen LogP contribution in [0.15, 0.2) is 23.2 Å². The molecule has 1 aromatic carbocycles. The van der Waals surface area contributed by atoms with Gasteiger partial charge in [0.15, 0.2) is 5.17 Å². The zero-order valence-electron chi connectivity index (χ0n) is 12.7. The molecule has 1 heterocycles. The van der Waals surface area contributed by atoms with Crippen molar-refractivity contribution in [3.8, 4) is 0 Å². The lowest BCUT2D eigenvalue weighted by atomic mass is 10.2. The van der Waals surface area contributed by atoms with E-state index >= 15 is 0 Å². The molecule has 1 aliphatic rings. The molecular formula is C15H18ClN3O2S. The van der Waals surface area contributed by atoms with Crippen LogP contribution in [0, 0.1) is 6.92 Å². The fourth-order valence-corrected chi connectivity index (χ4v) is 3.37. The van der Waals surface area contributed by atoms with Crippen molar-refractivity contribution >= 4 is 46.0 Å². The van der Waals surface area contributed by atoms with Crippen LogP contribution in [0.3, 0.4) is 0 Å². The second-order valence-electron chi connectivity index (χ2n) is 4.94. The third-order valence-corrected chi connectivity index (χ3v) is 4.98. The van der Waals surface area contributed by atoms with E-state index < -0.39 is 5.25 Å². The van der Waals surface area contributed by atoms with E-state index in [9.17, 15) is 9.59 Å². The number of thioether (sulfide) groups is 1. The first-order chi connectivity index (χ1) is 10.4. The summed E-state index contributed by atoms with van der Waals surface area (Å²) in [6.07, 6.45) is 0.162. The molecule has 1 atom stereocenters. The fraction of sp³-hybridized carbons (Fsp3) is 0.400. The number of nitrogens with one attached hydrogen (secondary N) is 1. The Morgan fingerprint density at radius 3 is 2.91 bits per heavy atom. The van der Waals surface area contributed by atoms with E-state index in [1.54, 1.807) is 13.1 Å². The number of amidine groups is 1. The number of benzene rings is 1. The van der Waals surface area contributed by atoms with E-state index in [2.05, 4.69) is 10.3 Å². The highest BCUT2D eigenvalue weighted by Crippen LogP contribution is 2.32. The van der Waals surface area contributed by atoms with Crippen LogP contribution in [-0.2, 0) is 9.59 Å². The van der Waals surface area contributed by atoms with Crippen LogP contribution < -0.4 is 5.32 Å². The topological polar surface area (TPSA) is 61.8 Å². The van der Waals surface area contributed by atoms with Crippen molar-refractivity contribution in [1.82, 2.24) is 10.2 Å². The van der Waals surface area contributed by atoms with Gasteiger partial charge in [0, 0.05) is 25.0 Å². The molecule has 118 valence electrons. The van der Waals surface area contributed by atoms with Crippen LogP contribution in [0.1, 0.15) is 18.9 Å². The number of amides is 2. The summed E-state index contributed by atoms with van der Waals surface area (Å²) < 4.78 is 0. The zero-order chi connectivity index (χ0) is 16.3. The lowest BCUT2D eigenvalue weighted by molar-refractivity contribution is -0.128. The third-order valence-electron chi connectivity index (χ3n) is 3.34. The first-order valence-electron chi connectivity index (χ1n) is 6.98. The number of nitrogens with zero attached hydrogens (tertiary/aromatic N) is 2. The number of carbonyl (C=O) groups excluding carboxylic acids is 2. The maximum absolute atomic E-state index is 12.2. The van der Waals surface area contributed by atoms with Gasteiger partial charge in [0.05, 0.1) is 5.69 Å². The monoisotopic (exact) mass is 339 g/mol. The Hall–Kier alpha value is -1.53. The molecule has 0 radical (unpaired) electrons. The van der Waals surface area contributed by atoms with Gasteiger partial charge in [-0.05, 0) is 31.5 Å². The molecule has 0 saturated carbocycles. The quantitative estimate of drug-likeness (QED) is 0.917. The number of hydrogen-bond acceptors (Lipinski definition) is 4. The molecule has 7 heteroatoms. The predicted octanol–water partition coefficient (Wildman–Crippen LogP) is 2.74. The normalized spacial score (nSPS) is 19.8. The van der Waals surface area contributed by atoms with Crippen LogP contribution >= 0.6 is 23.4 Å². The van der Waals surface area contributed by atoms with Gasteiger partial charge in [-0.25, -0.2) is 4.99 Å². The van der Waals surface area contributed by atoms with Gasteiger partial charge in [-0.3, -0.25) is 14.5 Å². The van der Waals surface area contributed by atoms with Crippen molar-refractivity contribution in [3.05, 3.63) is 28.8 Å². The molecular weight excluding hydrogens is 322 g/mol. The summed E-state index contributed by atoms with van der Waals surface area (Å²) in [6.45, 7) is 4.29. The van der Waals surface area contributed by atoms with Gasteiger partial charge in [0.2, 0.25) is 11.8 Å². The Labute approximate surface area is 139 Å². The lowest BCUT2D eigenvalue weighted by Crippen LogP contribution is -2.32. The molecule has 1 aromatic rings. The van der Waals surface area contributed by atoms with Crippen molar-refractivity contribution in [3.63, 3.8) is 0 Å². The van der Waals surface area contributed by atoms with Crippen LogP contribution in [0.2, 0.25) is 5.02 Å². The summed E-state index contributed by atoms with van der Waals surface area (Å²) in [4.78, 5) is 29.9. The largest absolute Gasteiger partial charge is 0.356 e. The third kappa shape index (κ3) is 3.62. The van der Waals surface area contributed by atoms with Gasteiger partial charge >= 0.3 is 0 Å². The van der Waals surface area contributed by atoms with Gasteiger partial charge in [-0.15, -0.1) is 0 Å². The van der Waals surface area contributed by atoms with Crippen molar-refractivity contribution < 1.29 is 9.59 Å². The minimum absolute atomic E-state index is 0.102. The van der Waals surface area contributed by atoms with E-state index in [-0.39, 0.29) is 18.2 Å². The summed E-state index contributed by atoms with van der Waals surface area (Å²) in [5.41, 5.74) is 1.60. The van der Waals surface area contributed by atoms with Crippen LogP contribution in [-0.4, -0.2) is 40.7 Å². The molecule has 0 aromatic heterocycles. The Bertz CT molecular complexity index is 633. The smallest absolute Gasteiger partial charge is 0.242 e. The van der Waals surface area contributed by atoms with Gasteiger partial charge in [0.1, 0.15) is 5.25 Å². The van der Waals surface area contributed by atoms with Crippen molar-refractivity contribution in [2.75, 3.05) is 13.6 Å². The molecule has 2 amide bonds. The summed E-state index contributed by atoms with van der Waals surface area (Å²) in [6, 6.07) is 5.47. The number of carbonyl (C=O) groups is 2. The molecule has 0 bridgehead atoms. The molecule has 1 aliphatic heterocycles. The maximum Gasteiger partial charge on any atom is 0.242 e. The van der Waals surface area contributed by atoms with Crippen LogP contribution in [0.5, 0.6) is 0 Å². The molecule has 0 spiro atoms. The van der Waals surface area contributed by atoms with E-state index in [0.29, 0.717) is 16.7 Å². The average molecular weight is 340 g/mol. The van der Waals surface area contributed by atoms with Crippen LogP contribution in [0.25, 0.3) is 0 Å². The maximum atomic E-state index is 12.2. The van der Waals surface area contributed by atoms with Crippen molar-refractivity contribution in [1.29, 1.82) is 0 Å². The van der Waals surface area contributed by atoms with E-state index in [4.69, 9.17) is 11.6 Å². The summed E-state index contributed by atoms with van der Waals surface area (Å²) >= 11 is 7.40. The molecule has 0 aliphatic carbocycles. The first-order valence-corrected chi connectivity index (χ1v) is 8.24. The SMILES string of the molecule is CCNC(=O)C[C@@H]1SC(=Nc2cccc(Cl)c2C)N(C)C1=O. The molecule has 2 rings (SSSR count). The molecule has 1 N–H and O–H groups in total. The standard InChI is InChI=1S/C15H18ClN3O2S/c1-4-17-13(20)8-12-14(21)19(3)15(22-12)18-11-7-5-6-10(16)9(11)2/h5-7,12H,4,8H2,1-3H3,(H,17,20)/t12-/m0/s1. The highest BCUT2D eigenvalue weighted by atomic mass is 35.5. The van der Waals surface area contributed by atoms with Gasteiger partial charge in [-0.1, -0.05) is 29.4 Å². The van der Waals surface area contributed by atoms with E-state index in [1.165, 1.54) is 16.7 Å². The second kappa shape index (κ2) is 7.15. The summed E-state index contributed by atoms with van der Waals surface area (Å²) in [7, 11) is 1.67. The minimum atomic E-state index is -0.421. The lowest BCUT2D eigenvalue weighted by Gasteiger charge is -2.09. The Balaban J connectivity index is 2.19. The number of rotatable bonds is 4. The number of halogens is 1. The summed E-state index contributed by atoms with van der Waals surface area (Å²) in [5.74, 6) is -0.225. The highest BCUT2D eigenvalue weighted by Gasteiger charge is 2.36. The van der Waals surface area contributed by atoms with Crippen molar-refractivity contribution in [2.45, 2.75) is 25.5 Å². The predicted molar refractivity (Wildman–Crippen MR) is 90.7 cm³/mol. The van der Waals surface area contributed by atoms with Gasteiger partial charge in [-0.2, -0.15) is 0 Å². The van der Waals surface area contributed by atoms with E-state index in [0.717, 1.165) is 11.3 Å². The summed E-state index contributed by atoms with van der Waals surface area (Å²) in [5, 5.41) is 3.51. The van der Waals surface area contributed by atoms with Gasteiger partial charge in [0.25, 0.3) is 0 Å². The average Bonchev–Trinajstić information content (AvgIpc) is 2.72. The number of hydrogen-bond donors (Lipinski definition) is 1. The second-order valence-corrected chi connectivity index (χ2v) is 6.52. The minimum Gasteiger partial charge on any atom is -0.356 e. The Morgan fingerprint density at radius 2 is 2.23 bits per heavy atom. The van der Waals surface area contributed by atoms with E-state index in [1.807, 2.05) is 26.0 Å². The molecule has 1 saturated heterocycles. The number of aliphatic imine (C=N–C) groups is 1.